The van der Waals surface area contributed by atoms with E-state index in [2.05, 4.69) is 0 Å². The number of benzene rings is 1. The van der Waals surface area contributed by atoms with Crippen molar-refractivity contribution in [2.45, 2.75) is 51.5 Å². The molecule has 26 heavy (non-hydrogen) atoms. The number of fused-ring (bicyclic) bond motifs is 1. The Kier molecular flexibility index (Phi) is 4.70. The van der Waals surface area contributed by atoms with Crippen molar-refractivity contribution in [1.29, 1.82) is 0 Å². The van der Waals surface area contributed by atoms with Crippen LogP contribution in [-0.4, -0.2) is 47.3 Å². The first kappa shape index (κ1) is 17.1. The quantitative estimate of drug-likeness (QED) is 0.840. The predicted octanol–water partition coefficient (Wildman–Crippen LogP) is 3.75. The summed E-state index contributed by atoms with van der Waals surface area (Å²) < 4.78 is 5.80. The first-order valence-corrected chi connectivity index (χ1v) is 9.71. The zero-order valence-corrected chi connectivity index (χ0v) is 15.4. The molecule has 2 amide bonds. The second-order valence-corrected chi connectivity index (χ2v) is 7.50. The molecule has 2 aromatic rings. The third kappa shape index (κ3) is 3.22. The molecule has 0 radical (unpaired) electrons. The van der Waals surface area contributed by atoms with Gasteiger partial charge in [-0.1, -0.05) is 12.1 Å². The van der Waals surface area contributed by atoms with Crippen LogP contribution in [-0.2, 0) is 4.79 Å². The number of furan rings is 1. The van der Waals surface area contributed by atoms with Crippen molar-refractivity contribution < 1.29 is 14.0 Å². The minimum atomic E-state index is 0.0578. The van der Waals surface area contributed by atoms with Crippen molar-refractivity contribution in [3.63, 3.8) is 0 Å². The van der Waals surface area contributed by atoms with E-state index in [1.807, 2.05) is 41.0 Å². The van der Waals surface area contributed by atoms with Crippen LogP contribution in [0.1, 0.15) is 54.6 Å². The molecule has 2 fully saturated rings. The largest absolute Gasteiger partial charge is 0.461 e. The highest BCUT2D eigenvalue weighted by molar-refractivity contribution is 6.05. The second kappa shape index (κ2) is 7.14. The summed E-state index contributed by atoms with van der Waals surface area (Å²) in [6.07, 6.45) is 5.70. The molecule has 0 spiro atoms. The molecule has 138 valence electrons. The van der Waals surface area contributed by atoms with Crippen LogP contribution in [0.4, 0.5) is 0 Å². The van der Waals surface area contributed by atoms with E-state index in [9.17, 15) is 9.59 Å². The smallest absolute Gasteiger partial charge is 0.257 e. The van der Waals surface area contributed by atoms with Gasteiger partial charge in [-0.05, 0) is 51.2 Å². The standard InChI is InChI=1S/C21H26N2O3/c1-15-14-16-6-4-8-18(20(16)26-15)21(25)23-12-3-2-7-17(23)10-13-22-11-5-9-19(22)24/h4,6,8,14,17H,2-3,5,7,9-13H2,1H3. The molecule has 1 atom stereocenters. The normalized spacial score (nSPS) is 21.0. The van der Waals surface area contributed by atoms with E-state index in [0.29, 0.717) is 17.6 Å². The van der Waals surface area contributed by atoms with Crippen LogP contribution in [0.3, 0.4) is 0 Å². The van der Waals surface area contributed by atoms with Gasteiger partial charge in [0.05, 0.1) is 5.56 Å². The SMILES string of the molecule is Cc1cc2cccc(C(=O)N3CCCCC3CCN3CCCC3=O)c2o1. The lowest BCUT2D eigenvalue weighted by molar-refractivity contribution is -0.127. The Labute approximate surface area is 153 Å². The number of carbonyl (C=O) groups is 2. The molecule has 0 bridgehead atoms. The Hall–Kier alpha value is -2.30. The van der Waals surface area contributed by atoms with Crippen molar-refractivity contribution in [2.75, 3.05) is 19.6 Å². The van der Waals surface area contributed by atoms with E-state index in [4.69, 9.17) is 4.42 Å². The average molecular weight is 354 g/mol. The zero-order valence-electron chi connectivity index (χ0n) is 15.4. The van der Waals surface area contributed by atoms with Gasteiger partial charge in [0.2, 0.25) is 5.91 Å². The van der Waals surface area contributed by atoms with E-state index in [1.54, 1.807) is 0 Å². The van der Waals surface area contributed by atoms with Crippen LogP contribution in [0, 0.1) is 6.92 Å². The molecule has 4 rings (SSSR count). The number of amides is 2. The minimum Gasteiger partial charge on any atom is -0.461 e. The maximum Gasteiger partial charge on any atom is 0.257 e. The minimum absolute atomic E-state index is 0.0578. The van der Waals surface area contributed by atoms with Crippen LogP contribution >= 0.6 is 0 Å². The summed E-state index contributed by atoms with van der Waals surface area (Å²) in [5.74, 6) is 1.14. The van der Waals surface area contributed by atoms with Crippen molar-refractivity contribution >= 4 is 22.8 Å². The Morgan fingerprint density at radius 1 is 1.23 bits per heavy atom. The lowest BCUT2D eigenvalue weighted by atomic mass is 9.97. The summed E-state index contributed by atoms with van der Waals surface area (Å²) in [5, 5.41) is 0.976. The molecule has 1 aromatic heterocycles. The van der Waals surface area contributed by atoms with E-state index in [0.717, 1.165) is 62.9 Å². The topological polar surface area (TPSA) is 53.8 Å². The van der Waals surface area contributed by atoms with Crippen LogP contribution in [0.2, 0.25) is 0 Å². The van der Waals surface area contributed by atoms with Gasteiger partial charge in [0, 0.05) is 37.5 Å². The highest BCUT2D eigenvalue weighted by atomic mass is 16.3. The zero-order chi connectivity index (χ0) is 18.1. The number of likely N-dealkylation sites (tertiary alicyclic amines) is 2. The molecule has 0 saturated carbocycles. The summed E-state index contributed by atoms with van der Waals surface area (Å²) in [5.41, 5.74) is 1.34. The van der Waals surface area contributed by atoms with Gasteiger partial charge in [-0.2, -0.15) is 0 Å². The first-order valence-electron chi connectivity index (χ1n) is 9.71. The fourth-order valence-corrected chi connectivity index (χ4v) is 4.33. The van der Waals surface area contributed by atoms with E-state index < -0.39 is 0 Å². The summed E-state index contributed by atoms with van der Waals surface area (Å²) in [7, 11) is 0. The van der Waals surface area contributed by atoms with Crippen molar-refractivity contribution in [2.24, 2.45) is 0 Å². The van der Waals surface area contributed by atoms with Gasteiger partial charge in [-0.15, -0.1) is 0 Å². The summed E-state index contributed by atoms with van der Waals surface area (Å²) in [6, 6.07) is 7.94. The number of aryl methyl sites for hydroxylation is 1. The molecule has 5 heteroatoms. The van der Waals surface area contributed by atoms with Gasteiger partial charge in [0.1, 0.15) is 11.3 Å². The summed E-state index contributed by atoms with van der Waals surface area (Å²) in [6.45, 7) is 4.32. The lowest BCUT2D eigenvalue weighted by Gasteiger charge is -2.36. The average Bonchev–Trinajstić information content (AvgIpc) is 3.23. The number of rotatable bonds is 4. The second-order valence-electron chi connectivity index (χ2n) is 7.50. The molecule has 2 aliphatic heterocycles. The van der Waals surface area contributed by atoms with E-state index in [1.165, 1.54) is 0 Å². The van der Waals surface area contributed by atoms with Crippen molar-refractivity contribution in [3.8, 4) is 0 Å². The molecule has 0 aliphatic carbocycles. The van der Waals surface area contributed by atoms with Crippen LogP contribution in [0.25, 0.3) is 11.0 Å². The molecule has 5 nitrogen and oxygen atoms in total. The first-order chi connectivity index (χ1) is 12.6. The Balaban J connectivity index is 1.53. The third-order valence-corrected chi connectivity index (χ3v) is 5.69. The molecule has 2 aliphatic rings. The lowest BCUT2D eigenvalue weighted by Crippen LogP contribution is -2.45. The molecule has 2 saturated heterocycles. The Morgan fingerprint density at radius 3 is 2.92 bits per heavy atom. The van der Waals surface area contributed by atoms with E-state index in [-0.39, 0.29) is 17.9 Å². The van der Waals surface area contributed by atoms with Crippen LogP contribution in [0.15, 0.2) is 28.7 Å². The fraction of sp³-hybridized carbons (Fsp3) is 0.524. The fourth-order valence-electron chi connectivity index (χ4n) is 4.33. The Morgan fingerprint density at radius 2 is 2.12 bits per heavy atom. The Bertz CT molecular complexity index is 826. The highest BCUT2D eigenvalue weighted by Crippen LogP contribution is 2.28. The number of hydrogen-bond acceptors (Lipinski definition) is 3. The molecule has 0 N–H and O–H groups in total. The van der Waals surface area contributed by atoms with Gasteiger partial charge >= 0.3 is 0 Å². The number of hydrogen-bond donors (Lipinski definition) is 0. The molecule has 3 heterocycles. The summed E-state index contributed by atoms with van der Waals surface area (Å²) >= 11 is 0. The van der Waals surface area contributed by atoms with Crippen molar-refractivity contribution in [3.05, 3.63) is 35.6 Å². The van der Waals surface area contributed by atoms with Gasteiger partial charge in [0.15, 0.2) is 0 Å². The monoisotopic (exact) mass is 354 g/mol. The maximum atomic E-state index is 13.3. The maximum absolute atomic E-state index is 13.3. The third-order valence-electron chi connectivity index (χ3n) is 5.69. The van der Waals surface area contributed by atoms with Crippen molar-refractivity contribution in [1.82, 2.24) is 9.80 Å². The number of para-hydroxylation sites is 1. The molecule has 1 aromatic carbocycles. The van der Waals surface area contributed by atoms with Gasteiger partial charge in [-0.25, -0.2) is 0 Å². The predicted molar refractivity (Wildman–Crippen MR) is 100 cm³/mol. The van der Waals surface area contributed by atoms with Crippen LogP contribution < -0.4 is 0 Å². The molecular weight excluding hydrogens is 328 g/mol. The van der Waals surface area contributed by atoms with Crippen LogP contribution in [0.5, 0.6) is 0 Å². The number of carbonyl (C=O) groups excluding carboxylic acids is 2. The number of nitrogens with zero attached hydrogens (tertiary/aromatic N) is 2. The van der Waals surface area contributed by atoms with Gasteiger partial charge < -0.3 is 14.2 Å². The van der Waals surface area contributed by atoms with Gasteiger partial charge in [-0.3, -0.25) is 9.59 Å². The highest BCUT2D eigenvalue weighted by Gasteiger charge is 2.30. The summed E-state index contributed by atoms with van der Waals surface area (Å²) in [4.78, 5) is 29.1. The number of piperidine rings is 1. The van der Waals surface area contributed by atoms with Gasteiger partial charge in [0.25, 0.3) is 5.91 Å². The molecule has 1 unspecified atom stereocenters. The van der Waals surface area contributed by atoms with E-state index >= 15 is 0 Å². The molecular formula is C21H26N2O3.